The fraction of sp³-hybridized carbons (Fsp3) is 0.939. The molecule has 0 aromatic rings. The van der Waals surface area contributed by atoms with Gasteiger partial charge >= 0.3 is 5.97 Å². The molecule has 1 amide bonds. The molecule has 72 heavy (non-hydrogen) atoms. The van der Waals surface area contributed by atoms with E-state index in [4.69, 9.17) is 4.74 Å². The van der Waals surface area contributed by atoms with Crippen LogP contribution in [0, 0.1) is 0 Å². The van der Waals surface area contributed by atoms with Gasteiger partial charge < -0.3 is 20.3 Å². The van der Waals surface area contributed by atoms with Crippen LogP contribution in [-0.2, 0) is 14.3 Å². The van der Waals surface area contributed by atoms with Crippen LogP contribution >= 0.6 is 0 Å². The van der Waals surface area contributed by atoms with Crippen molar-refractivity contribution in [3.05, 3.63) is 12.2 Å². The average Bonchev–Trinajstić information content (AvgIpc) is 3.38. The van der Waals surface area contributed by atoms with Crippen molar-refractivity contribution in [3.63, 3.8) is 0 Å². The molecule has 3 N–H and O–H groups in total. The fourth-order valence-electron chi connectivity index (χ4n) is 10.5. The Labute approximate surface area is 450 Å². The number of hydrogen-bond acceptors (Lipinski definition) is 5. The van der Waals surface area contributed by atoms with E-state index in [1.807, 2.05) is 0 Å². The van der Waals surface area contributed by atoms with Crippen molar-refractivity contribution in [1.29, 1.82) is 0 Å². The van der Waals surface area contributed by atoms with Crippen molar-refractivity contribution < 1.29 is 24.5 Å². The lowest BCUT2D eigenvalue weighted by atomic mass is 10.0. The van der Waals surface area contributed by atoms with Gasteiger partial charge in [0.2, 0.25) is 5.91 Å². The van der Waals surface area contributed by atoms with Crippen molar-refractivity contribution in [2.45, 2.75) is 386 Å². The highest BCUT2D eigenvalue weighted by Gasteiger charge is 2.20. The first-order chi connectivity index (χ1) is 35.5. The second-order valence-electron chi connectivity index (χ2n) is 22.8. The number of amides is 1. The number of aliphatic hydroxyl groups excluding tert-OH is 2. The normalized spacial score (nSPS) is 12.6. The lowest BCUT2D eigenvalue weighted by Gasteiger charge is -2.22. The third-order valence-electron chi connectivity index (χ3n) is 15.6. The molecule has 0 saturated heterocycles. The van der Waals surface area contributed by atoms with Gasteiger partial charge in [0.15, 0.2) is 0 Å². The molecule has 0 heterocycles. The zero-order chi connectivity index (χ0) is 52.2. The predicted octanol–water partition coefficient (Wildman–Crippen LogP) is 20.8. The molecule has 6 nitrogen and oxygen atoms in total. The molecule has 6 heteroatoms. The summed E-state index contributed by atoms with van der Waals surface area (Å²) in [4.78, 5) is 24.5. The zero-order valence-electron chi connectivity index (χ0n) is 48.9. The molecule has 0 saturated carbocycles. The van der Waals surface area contributed by atoms with E-state index < -0.39 is 12.1 Å². The highest BCUT2D eigenvalue weighted by Crippen LogP contribution is 2.19. The molecule has 2 unspecified atom stereocenters. The molecule has 428 valence electrons. The van der Waals surface area contributed by atoms with E-state index in [9.17, 15) is 19.8 Å². The standard InChI is InChI=1S/C66H129NO5/c1-3-5-7-9-11-13-15-17-31-36-40-44-48-52-56-60-66(71)72-61-57-53-49-45-41-37-33-30-28-26-24-22-20-18-19-21-23-25-27-29-32-35-39-43-47-51-55-59-65(70)67-63(62-68)64(69)58-54-50-46-42-38-34-16-14-12-10-8-6-4-2/h17,31,63-64,68-69H,3-16,18-30,32-62H2,1-2H3,(H,67,70)/b31-17-. The monoisotopic (exact) mass is 1020 g/mol. The molecule has 0 spiro atoms. The third kappa shape index (κ3) is 57.9. The second kappa shape index (κ2) is 62.1. The molecule has 0 aliphatic carbocycles. The summed E-state index contributed by atoms with van der Waals surface area (Å²) in [7, 11) is 0. The molecule has 0 aromatic heterocycles. The fourth-order valence-corrected chi connectivity index (χ4v) is 10.5. The minimum atomic E-state index is -0.661. The number of nitrogens with one attached hydrogen (secondary N) is 1. The largest absolute Gasteiger partial charge is 0.466 e. The zero-order valence-corrected chi connectivity index (χ0v) is 48.9. The first kappa shape index (κ1) is 70.6. The highest BCUT2D eigenvalue weighted by molar-refractivity contribution is 5.76. The Bertz CT molecular complexity index is 1080. The molecule has 0 bridgehead atoms. The summed E-state index contributed by atoms with van der Waals surface area (Å²) in [5.41, 5.74) is 0. The summed E-state index contributed by atoms with van der Waals surface area (Å²) in [6, 6.07) is -0.538. The van der Waals surface area contributed by atoms with E-state index in [1.165, 1.54) is 295 Å². The van der Waals surface area contributed by atoms with E-state index in [1.54, 1.807) is 0 Å². The third-order valence-corrected chi connectivity index (χ3v) is 15.6. The van der Waals surface area contributed by atoms with Crippen LogP contribution in [-0.4, -0.2) is 47.4 Å². The number of rotatable bonds is 62. The van der Waals surface area contributed by atoms with Gasteiger partial charge in [0.25, 0.3) is 0 Å². The first-order valence-corrected chi connectivity index (χ1v) is 32.9. The molecular formula is C66H129NO5. The van der Waals surface area contributed by atoms with Crippen LogP contribution < -0.4 is 5.32 Å². The Kier molecular flexibility index (Phi) is 60.9. The maximum Gasteiger partial charge on any atom is 0.305 e. The minimum absolute atomic E-state index is 0.0108. The lowest BCUT2D eigenvalue weighted by molar-refractivity contribution is -0.143. The van der Waals surface area contributed by atoms with Crippen molar-refractivity contribution in [1.82, 2.24) is 5.32 Å². The molecule has 0 radical (unpaired) electrons. The van der Waals surface area contributed by atoms with Crippen molar-refractivity contribution in [2.24, 2.45) is 0 Å². The van der Waals surface area contributed by atoms with Gasteiger partial charge in [0.05, 0.1) is 25.4 Å². The second-order valence-corrected chi connectivity index (χ2v) is 22.8. The molecular weight excluding hydrogens is 887 g/mol. The number of allylic oxidation sites excluding steroid dienone is 2. The summed E-state index contributed by atoms with van der Waals surface area (Å²) < 4.78 is 5.49. The Morgan fingerprint density at radius 2 is 0.653 bits per heavy atom. The summed E-state index contributed by atoms with van der Waals surface area (Å²) in [6.45, 7) is 4.97. The molecule has 0 aliphatic rings. The average molecular weight is 1020 g/mol. The molecule has 0 fully saturated rings. The highest BCUT2D eigenvalue weighted by atomic mass is 16.5. The molecule has 0 aliphatic heterocycles. The van der Waals surface area contributed by atoms with Crippen molar-refractivity contribution >= 4 is 11.9 Å². The van der Waals surface area contributed by atoms with E-state index in [0.29, 0.717) is 25.9 Å². The number of carbonyl (C=O) groups excluding carboxylic acids is 2. The summed E-state index contributed by atoms with van der Waals surface area (Å²) in [5.74, 6) is -0.0194. The van der Waals surface area contributed by atoms with Gasteiger partial charge in [0.1, 0.15) is 0 Å². The van der Waals surface area contributed by atoms with Crippen LogP contribution in [0.25, 0.3) is 0 Å². The van der Waals surface area contributed by atoms with Crippen LogP contribution in [0.15, 0.2) is 12.2 Å². The van der Waals surface area contributed by atoms with Crippen LogP contribution in [0.5, 0.6) is 0 Å². The summed E-state index contributed by atoms with van der Waals surface area (Å²) in [6.07, 6.45) is 75.3. The van der Waals surface area contributed by atoms with Gasteiger partial charge in [-0.15, -0.1) is 0 Å². The number of hydrogen-bond donors (Lipinski definition) is 3. The van der Waals surface area contributed by atoms with Gasteiger partial charge in [0, 0.05) is 12.8 Å². The molecule has 0 aromatic carbocycles. The van der Waals surface area contributed by atoms with Crippen molar-refractivity contribution in [2.75, 3.05) is 13.2 Å². The first-order valence-electron chi connectivity index (χ1n) is 32.9. The van der Waals surface area contributed by atoms with Gasteiger partial charge in [-0.3, -0.25) is 9.59 Å². The van der Waals surface area contributed by atoms with E-state index in [0.717, 1.165) is 44.9 Å². The Balaban J connectivity index is 3.33. The molecule has 0 rings (SSSR count). The maximum atomic E-state index is 12.5. The topological polar surface area (TPSA) is 95.9 Å². The van der Waals surface area contributed by atoms with E-state index in [-0.39, 0.29) is 18.5 Å². The summed E-state index contributed by atoms with van der Waals surface area (Å²) >= 11 is 0. The Morgan fingerprint density at radius 3 is 0.986 bits per heavy atom. The summed E-state index contributed by atoms with van der Waals surface area (Å²) in [5, 5.41) is 23.3. The number of unbranched alkanes of at least 4 members (excludes halogenated alkanes) is 49. The lowest BCUT2D eigenvalue weighted by Crippen LogP contribution is -2.45. The maximum absolute atomic E-state index is 12.5. The number of esters is 1. The predicted molar refractivity (Wildman–Crippen MR) is 315 cm³/mol. The van der Waals surface area contributed by atoms with Crippen molar-refractivity contribution in [3.8, 4) is 0 Å². The van der Waals surface area contributed by atoms with Crippen LogP contribution in [0.1, 0.15) is 373 Å². The quantitative estimate of drug-likeness (QED) is 0.0320. The number of carbonyl (C=O) groups is 2. The minimum Gasteiger partial charge on any atom is -0.466 e. The number of aliphatic hydroxyl groups is 2. The van der Waals surface area contributed by atoms with Gasteiger partial charge in [-0.2, -0.15) is 0 Å². The SMILES string of the molecule is CCCCCCCC/C=C\CCCCCCCC(=O)OCCCCCCCCCCCCCCCCCCCCCCCCCCCCCC(=O)NC(CO)C(O)CCCCCCCCCCCCCCC. The van der Waals surface area contributed by atoms with Crippen LogP contribution in [0.4, 0.5) is 0 Å². The van der Waals surface area contributed by atoms with Crippen LogP contribution in [0.3, 0.4) is 0 Å². The smallest absolute Gasteiger partial charge is 0.305 e. The van der Waals surface area contributed by atoms with E-state index >= 15 is 0 Å². The number of ether oxygens (including phenoxy) is 1. The Morgan fingerprint density at radius 1 is 0.375 bits per heavy atom. The van der Waals surface area contributed by atoms with Crippen LogP contribution in [0.2, 0.25) is 0 Å². The van der Waals surface area contributed by atoms with E-state index in [2.05, 4.69) is 31.3 Å². The Hall–Kier alpha value is -1.40. The van der Waals surface area contributed by atoms with Gasteiger partial charge in [-0.25, -0.2) is 0 Å². The van der Waals surface area contributed by atoms with Gasteiger partial charge in [-0.1, -0.05) is 321 Å². The van der Waals surface area contributed by atoms with Gasteiger partial charge in [-0.05, 0) is 51.4 Å². The molecule has 2 atom stereocenters.